The number of thioether (sulfide) groups is 1. The van der Waals surface area contributed by atoms with Crippen molar-refractivity contribution in [3.05, 3.63) is 126 Å². The van der Waals surface area contributed by atoms with Gasteiger partial charge in [-0.1, -0.05) is 60.7 Å². The fourth-order valence-corrected chi connectivity index (χ4v) is 5.98. The molecule has 0 aliphatic carbocycles. The quantitative estimate of drug-likeness (QED) is 0.182. The smallest absolute Gasteiger partial charge is 0.275 e. The van der Waals surface area contributed by atoms with Crippen molar-refractivity contribution in [1.29, 1.82) is 0 Å². The summed E-state index contributed by atoms with van der Waals surface area (Å²) in [5.41, 5.74) is 4.98. The molecule has 0 saturated carbocycles. The number of hydrogen-bond donors (Lipinski definition) is 2. The van der Waals surface area contributed by atoms with Gasteiger partial charge in [0.1, 0.15) is 11.4 Å². The van der Waals surface area contributed by atoms with E-state index >= 15 is 0 Å². The van der Waals surface area contributed by atoms with Gasteiger partial charge in [0.2, 0.25) is 0 Å². The van der Waals surface area contributed by atoms with Crippen molar-refractivity contribution in [3.63, 3.8) is 0 Å². The van der Waals surface area contributed by atoms with Crippen LogP contribution < -0.4 is 10.1 Å². The third-order valence-electron chi connectivity index (χ3n) is 7.23. The molecule has 3 atom stereocenters. The highest BCUT2D eigenvalue weighted by molar-refractivity contribution is 7.99. The predicted molar refractivity (Wildman–Crippen MR) is 166 cm³/mol. The van der Waals surface area contributed by atoms with Crippen LogP contribution in [0.2, 0.25) is 0 Å². The van der Waals surface area contributed by atoms with Crippen molar-refractivity contribution >= 4 is 34.4 Å². The molecule has 0 bridgehead atoms. The van der Waals surface area contributed by atoms with Gasteiger partial charge in [-0.15, -0.1) is 11.8 Å². The van der Waals surface area contributed by atoms with E-state index in [0.29, 0.717) is 23.4 Å². The Kier molecular flexibility index (Phi) is 8.95. The van der Waals surface area contributed by atoms with Crippen LogP contribution in [0.1, 0.15) is 46.0 Å². The molecule has 0 spiro atoms. The number of nitrogens with zero attached hydrogens (tertiary/aromatic N) is 2. The van der Waals surface area contributed by atoms with Crippen LogP contribution in [0.5, 0.6) is 5.75 Å². The van der Waals surface area contributed by atoms with Crippen LogP contribution in [0.15, 0.2) is 108 Å². The molecule has 1 aliphatic rings. The Balaban J connectivity index is 1.18. The number of hydrogen-bond acceptors (Lipinski definition) is 8. The van der Waals surface area contributed by atoms with E-state index in [9.17, 15) is 9.90 Å². The number of methoxy groups -OCH3 is 1. The van der Waals surface area contributed by atoms with E-state index < -0.39 is 6.29 Å². The fraction of sp³-hybridized carbons (Fsp3) is 0.206. The molecule has 1 saturated heterocycles. The maximum Gasteiger partial charge on any atom is 0.275 e. The van der Waals surface area contributed by atoms with E-state index in [4.69, 9.17) is 14.2 Å². The Morgan fingerprint density at radius 3 is 2.42 bits per heavy atom. The number of ether oxygens (including phenoxy) is 3. The molecule has 1 fully saturated rings. The minimum atomic E-state index is -0.601. The molecule has 8 nitrogen and oxygen atoms in total. The molecule has 5 aromatic rings. The maximum atomic E-state index is 12.9. The molecule has 4 aromatic carbocycles. The van der Waals surface area contributed by atoms with Crippen LogP contribution in [0.4, 0.5) is 5.69 Å². The monoisotopic (exact) mass is 593 g/mol. The molecule has 6 rings (SSSR count). The molecule has 1 aliphatic heterocycles. The van der Waals surface area contributed by atoms with Crippen molar-refractivity contribution in [1.82, 2.24) is 9.97 Å². The zero-order valence-electron chi connectivity index (χ0n) is 23.6. The molecule has 2 N–H and O–H groups in total. The van der Waals surface area contributed by atoms with Crippen molar-refractivity contribution in [2.24, 2.45) is 0 Å². The first kappa shape index (κ1) is 28.8. The summed E-state index contributed by atoms with van der Waals surface area (Å²) in [5, 5.41) is 12.4. The number of carbonyl (C=O) groups is 1. The van der Waals surface area contributed by atoms with E-state index in [1.165, 1.54) is 6.20 Å². The lowest BCUT2D eigenvalue weighted by Gasteiger charge is -2.36. The first-order chi connectivity index (χ1) is 21.1. The average Bonchev–Trinajstić information content (AvgIpc) is 3.07. The van der Waals surface area contributed by atoms with Crippen LogP contribution in [0.25, 0.3) is 11.0 Å². The molecule has 0 radical (unpaired) electrons. The number of carbonyl (C=O) groups excluding carboxylic acids is 1. The number of aliphatic hydroxyl groups is 1. The van der Waals surface area contributed by atoms with Gasteiger partial charge in [0, 0.05) is 28.3 Å². The van der Waals surface area contributed by atoms with E-state index in [2.05, 4.69) is 15.3 Å². The molecular formula is C34H31N3O5S. The van der Waals surface area contributed by atoms with E-state index in [0.717, 1.165) is 32.9 Å². The van der Waals surface area contributed by atoms with Crippen molar-refractivity contribution in [2.45, 2.75) is 36.4 Å². The van der Waals surface area contributed by atoms with Gasteiger partial charge in [-0.05, 0) is 47.5 Å². The third-order valence-corrected chi connectivity index (χ3v) is 8.42. The molecule has 43 heavy (non-hydrogen) atoms. The Hall–Kier alpha value is -4.28. The number of amides is 1. The van der Waals surface area contributed by atoms with Crippen LogP contribution in [0.3, 0.4) is 0 Å². The molecule has 2 heterocycles. The summed E-state index contributed by atoms with van der Waals surface area (Å²) < 4.78 is 18.5. The predicted octanol–water partition coefficient (Wildman–Crippen LogP) is 6.72. The number of nitrogens with one attached hydrogen (secondary N) is 1. The van der Waals surface area contributed by atoms with Gasteiger partial charge in [0.25, 0.3) is 5.91 Å². The highest BCUT2D eigenvalue weighted by Crippen LogP contribution is 2.40. The molecule has 9 heteroatoms. The summed E-state index contributed by atoms with van der Waals surface area (Å²) in [4.78, 5) is 22.7. The first-order valence-corrected chi connectivity index (χ1v) is 15.0. The van der Waals surface area contributed by atoms with Crippen molar-refractivity contribution < 1.29 is 24.1 Å². The molecular weight excluding hydrogens is 562 g/mol. The highest BCUT2D eigenvalue weighted by Gasteiger charge is 2.32. The SMILES string of the molecule is COc1ccccc1SC[C@H]1C[C@@H](c2ccc(CO)cc2)O[C@@H](c2ccc(NC(=O)c3cnc4ccccc4n3)cc2)O1. The number of fused-ring (bicyclic) bond motifs is 1. The van der Waals surface area contributed by atoms with Gasteiger partial charge in [-0.3, -0.25) is 9.78 Å². The number of aliphatic hydroxyl groups excluding tert-OH is 1. The summed E-state index contributed by atoms with van der Waals surface area (Å²) in [7, 11) is 1.67. The number of benzene rings is 4. The number of para-hydroxylation sites is 3. The van der Waals surface area contributed by atoms with Gasteiger partial charge in [0.05, 0.1) is 43.2 Å². The van der Waals surface area contributed by atoms with Crippen LogP contribution in [0, 0.1) is 0 Å². The number of aromatic nitrogens is 2. The third kappa shape index (κ3) is 6.87. The van der Waals surface area contributed by atoms with E-state index in [1.807, 2.05) is 97.1 Å². The second kappa shape index (κ2) is 13.4. The second-order valence-electron chi connectivity index (χ2n) is 10.1. The second-order valence-corrected chi connectivity index (χ2v) is 11.2. The summed E-state index contributed by atoms with van der Waals surface area (Å²) in [6.45, 7) is -0.00790. The molecule has 1 amide bonds. The van der Waals surface area contributed by atoms with Crippen molar-refractivity contribution in [3.8, 4) is 5.75 Å². The Bertz CT molecular complexity index is 1700. The number of anilines is 1. The minimum absolute atomic E-state index is 0.00790. The van der Waals surface area contributed by atoms with Crippen LogP contribution >= 0.6 is 11.8 Å². The Morgan fingerprint density at radius 2 is 1.65 bits per heavy atom. The summed E-state index contributed by atoms with van der Waals surface area (Å²) in [6, 6.07) is 30.7. The largest absolute Gasteiger partial charge is 0.496 e. The Labute approximate surface area is 254 Å². The summed E-state index contributed by atoms with van der Waals surface area (Å²) in [5.74, 6) is 1.21. The summed E-state index contributed by atoms with van der Waals surface area (Å²) >= 11 is 1.69. The minimum Gasteiger partial charge on any atom is -0.496 e. The standard InChI is InChI=1S/C34H31N3O5S/c1-40-30-8-4-5-9-32(30)43-21-26-18-31(23-12-10-22(20-38)11-13-23)42-34(41-26)24-14-16-25(17-15-24)36-33(39)29-19-35-27-6-2-3-7-28(27)37-29/h2-17,19,26,31,34,38H,18,20-21H2,1H3,(H,36,39)/t26-,31+,34+/m1/s1. The highest BCUT2D eigenvalue weighted by atomic mass is 32.2. The van der Waals surface area contributed by atoms with E-state index in [-0.39, 0.29) is 30.4 Å². The van der Waals surface area contributed by atoms with Crippen LogP contribution in [-0.2, 0) is 16.1 Å². The molecule has 0 unspecified atom stereocenters. The molecule has 218 valence electrons. The normalized spacial score (nSPS) is 18.3. The zero-order chi connectivity index (χ0) is 29.6. The van der Waals surface area contributed by atoms with Gasteiger partial charge in [0.15, 0.2) is 6.29 Å². The summed E-state index contributed by atoms with van der Waals surface area (Å²) in [6.07, 6.45) is 1.27. The lowest BCUT2D eigenvalue weighted by molar-refractivity contribution is -0.245. The maximum absolute atomic E-state index is 12.9. The first-order valence-electron chi connectivity index (χ1n) is 14.0. The van der Waals surface area contributed by atoms with Gasteiger partial charge in [-0.25, -0.2) is 4.98 Å². The van der Waals surface area contributed by atoms with Gasteiger partial charge >= 0.3 is 0 Å². The van der Waals surface area contributed by atoms with Gasteiger partial charge < -0.3 is 24.6 Å². The number of rotatable bonds is 9. The lowest BCUT2D eigenvalue weighted by Crippen LogP contribution is -2.31. The topological polar surface area (TPSA) is 103 Å². The fourth-order valence-electron chi connectivity index (χ4n) is 4.93. The van der Waals surface area contributed by atoms with E-state index in [1.54, 1.807) is 18.9 Å². The van der Waals surface area contributed by atoms with Gasteiger partial charge in [-0.2, -0.15) is 0 Å². The zero-order valence-corrected chi connectivity index (χ0v) is 24.4. The van der Waals surface area contributed by atoms with Crippen LogP contribution in [-0.4, -0.2) is 39.9 Å². The Morgan fingerprint density at radius 1 is 0.930 bits per heavy atom. The van der Waals surface area contributed by atoms with Crippen molar-refractivity contribution in [2.75, 3.05) is 18.2 Å². The molecule has 1 aromatic heterocycles. The lowest BCUT2D eigenvalue weighted by atomic mass is 10.0. The average molecular weight is 594 g/mol.